The Morgan fingerprint density at radius 3 is 2.36 bits per heavy atom. The van der Waals surface area contributed by atoms with Gasteiger partial charge in [0.2, 0.25) is 0 Å². The van der Waals surface area contributed by atoms with Crippen LogP contribution in [0.25, 0.3) is 0 Å². The van der Waals surface area contributed by atoms with Crippen LogP contribution in [0.2, 0.25) is 0 Å². The lowest BCUT2D eigenvalue weighted by Gasteiger charge is -2.28. The smallest absolute Gasteiger partial charge is 0.328 e. The number of alkyl halides is 3. The van der Waals surface area contributed by atoms with Gasteiger partial charge in [0.15, 0.2) is 6.17 Å². The van der Waals surface area contributed by atoms with E-state index in [1.54, 1.807) is 0 Å². The van der Waals surface area contributed by atoms with Gasteiger partial charge < -0.3 is 5.73 Å². The van der Waals surface area contributed by atoms with Crippen molar-refractivity contribution in [2.45, 2.75) is 49.7 Å². The summed E-state index contributed by atoms with van der Waals surface area (Å²) in [5.74, 6) is 0. The molecule has 4 unspecified atom stereocenters. The molecule has 0 bridgehead atoms. The minimum Gasteiger partial charge on any atom is -0.328 e. The minimum absolute atomic E-state index is 0.0394. The van der Waals surface area contributed by atoms with Gasteiger partial charge in [-0.15, -0.1) is 0 Å². The monoisotopic (exact) mass is 209 g/mol. The zero-order valence-corrected chi connectivity index (χ0v) is 7.64. The first-order chi connectivity index (χ1) is 6.47. The Balaban J connectivity index is 1.99. The standard InChI is InChI=1S/C8H14F3N3/c9-8(10,11)7-13-5-2-1-4(12)3-6(5)14-7/h4-7,13-14H,1-3,12H2. The topological polar surface area (TPSA) is 50.1 Å². The fourth-order valence-corrected chi connectivity index (χ4v) is 2.25. The van der Waals surface area contributed by atoms with Gasteiger partial charge in [0.05, 0.1) is 0 Å². The molecule has 0 aromatic heterocycles. The van der Waals surface area contributed by atoms with E-state index in [1.807, 2.05) is 0 Å². The summed E-state index contributed by atoms with van der Waals surface area (Å²) in [6, 6.07) is -0.149. The van der Waals surface area contributed by atoms with Crippen molar-refractivity contribution in [1.82, 2.24) is 10.6 Å². The van der Waals surface area contributed by atoms with Crippen molar-refractivity contribution in [2.24, 2.45) is 5.73 Å². The number of hydrogen-bond acceptors (Lipinski definition) is 3. The third-order valence-electron chi connectivity index (χ3n) is 2.98. The molecule has 6 heteroatoms. The van der Waals surface area contributed by atoms with E-state index in [1.165, 1.54) is 0 Å². The molecule has 1 saturated carbocycles. The Kier molecular flexibility index (Phi) is 2.45. The molecular formula is C8H14F3N3. The maximum absolute atomic E-state index is 12.3. The van der Waals surface area contributed by atoms with Gasteiger partial charge >= 0.3 is 6.18 Å². The third kappa shape index (κ3) is 1.87. The molecule has 0 amide bonds. The van der Waals surface area contributed by atoms with E-state index in [-0.39, 0.29) is 18.1 Å². The summed E-state index contributed by atoms with van der Waals surface area (Å²) in [7, 11) is 0. The molecule has 2 fully saturated rings. The Morgan fingerprint density at radius 1 is 1.07 bits per heavy atom. The molecule has 0 radical (unpaired) electrons. The lowest BCUT2D eigenvalue weighted by Crippen LogP contribution is -2.46. The Bertz CT molecular complexity index is 218. The average molecular weight is 209 g/mol. The number of rotatable bonds is 0. The Morgan fingerprint density at radius 2 is 1.71 bits per heavy atom. The number of halogens is 3. The molecule has 0 aromatic rings. The second-order valence-corrected chi connectivity index (χ2v) is 4.09. The maximum Gasteiger partial charge on any atom is 0.417 e. The minimum atomic E-state index is -4.21. The summed E-state index contributed by atoms with van der Waals surface area (Å²) in [5.41, 5.74) is 5.70. The zero-order valence-electron chi connectivity index (χ0n) is 7.64. The predicted molar refractivity (Wildman–Crippen MR) is 45.5 cm³/mol. The fraction of sp³-hybridized carbons (Fsp3) is 1.00. The first-order valence-corrected chi connectivity index (χ1v) is 4.81. The van der Waals surface area contributed by atoms with Gasteiger partial charge in [-0.05, 0) is 19.3 Å². The normalized spacial score (nSPS) is 43.7. The van der Waals surface area contributed by atoms with Crippen molar-refractivity contribution in [1.29, 1.82) is 0 Å². The highest BCUT2D eigenvalue weighted by Crippen LogP contribution is 2.28. The van der Waals surface area contributed by atoms with Crippen molar-refractivity contribution < 1.29 is 13.2 Å². The largest absolute Gasteiger partial charge is 0.417 e. The van der Waals surface area contributed by atoms with Gasteiger partial charge in [0.1, 0.15) is 0 Å². The van der Waals surface area contributed by atoms with Crippen LogP contribution in [0.1, 0.15) is 19.3 Å². The average Bonchev–Trinajstić information content (AvgIpc) is 2.45. The predicted octanol–water partition coefficient (Wildman–Crippen LogP) is 0.316. The van der Waals surface area contributed by atoms with Gasteiger partial charge in [0, 0.05) is 18.1 Å². The molecule has 4 N–H and O–H groups in total. The number of nitrogens with one attached hydrogen (secondary N) is 2. The fourth-order valence-electron chi connectivity index (χ4n) is 2.25. The number of hydrogen-bond donors (Lipinski definition) is 3. The van der Waals surface area contributed by atoms with Crippen LogP contribution >= 0.6 is 0 Å². The lowest BCUT2D eigenvalue weighted by atomic mass is 9.88. The van der Waals surface area contributed by atoms with Gasteiger partial charge in [-0.2, -0.15) is 13.2 Å². The third-order valence-corrected chi connectivity index (χ3v) is 2.98. The van der Waals surface area contributed by atoms with Crippen LogP contribution in [-0.2, 0) is 0 Å². The van der Waals surface area contributed by atoms with Crippen molar-refractivity contribution in [3.8, 4) is 0 Å². The van der Waals surface area contributed by atoms with Crippen LogP contribution in [0, 0.1) is 0 Å². The summed E-state index contributed by atoms with van der Waals surface area (Å²) in [4.78, 5) is 0. The molecule has 82 valence electrons. The van der Waals surface area contributed by atoms with E-state index in [2.05, 4.69) is 10.6 Å². The zero-order chi connectivity index (χ0) is 10.3. The van der Waals surface area contributed by atoms with Gasteiger partial charge in [-0.1, -0.05) is 0 Å². The molecule has 3 nitrogen and oxygen atoms in total. The van der Waals surface area contributed by atoms with E-state index in [9.17, 15) is 13.2 Å². The van der Waals surface area contributed by atoms with Crippen LogP contribution < -0.4 is 16.4 Å². The Hall–Kier alpha value is -0.330. The van der Waals surface area contributed by atoms with E-state index < -0.39 is 12.3 Å². The van der Waals surface area contributed by atoms with Crippen LogP contribution in [-0.4, -0.2) is 30.5 Å². The summed E-state index contributed by atoms with van der Waals surface area (Å²) in [6.07, 6.45) is -3.60. The summed E-state index contributed by atoms with van der Waals surface area (Å²) < 4.78 is 37.0. The van der Waals surface area contributed by atoms with Crippen LogP contribution in [0.5, 0.6) is 0 Å². The quantitative estimate of drug-likeness (QED) is 0.538. The van der Waals surface area contributed by atoms with Gasteiger partial charge in [-0.25, -0.2) is 0 Å². The summed E-state index contributed by atoms with van der Waals surface area (Å²) >= 11 is 0. The molecule has 0 aromatic carbocycles. The number of nitrogens with two attached hydrogens (primary N) is 1. The van der Waals surface area contributed by atoms with Crippen molar-refractivity contribution in [2.75, 3.05) is 0 Å². The van der Waals surface area contributed by atoms with Gasteiger partial charge in [0.25, 0.3) is 0 Å². The molecule has 2 aliphatic rings. The molecule has 4 atom stereocenters. The molecule has 2 rings (SSSR count). The SMILES string of the molecule is NC1CCC2NC(C(F)(F)F)NC2C1. The van der Waals surface area contributed by atoms with Crippen LogP contribution in [0.15, 0.2) is 0 Å². The van der Waals surface area contributed by atoms with Crippen LogP contribution in [0.4, 0.5) is 13.2 Å². The molecule has 14 heavy (non-hydrogen) atoms. The second-order valence-electron chi connectivity index (χ2n) is 4.09. The van der Waals surface area contributed by atoms with Gasteiger partial charge in [-0.3, -0.25) is 10.6 Å². The van der Waals surface area contributed by atoms with Crippen molar-refractivity contribution in [3.05, 3.63) is 0 Å². The summed E-state index contributed by atoms with van der Waals surface area (Å²) in [6.45, 7) is 0. The Labute approximate surface area is 80.2 Å². The summed E-state index contributed by atoms with van der Waals surface area (Å²) in [5, 5.41) is 5.11. The highest BCUT2D eigenvalue weighted by Gasteiger charge is 2.48. The molecule has 0 spiro atoms. The van der Waals surface area contributed by atoms with Crippen LogP contribution in [0.3, 0.4) is 0 Å². The molecule has 1 aliphatic carbocycles. The number of fused-ring (bicyclic) bond motifs is 1. The molecule has 1 aliphatic heterocycles. The molecular weight excluding hydrogens is 195 g/mol. The van der Waals surface area contributed by atoms with E-state index in [0.29, 0.717) is 6.42 Å². The maximum atomic E-state index is 12.3. The second kappa shape index (κ2) is 3.36. The first-order valence-electron chi connectivity index (χ1n) is 4.81. The van der Waals surface area contributed by atoms with E-state index in [0.717, 1.165) is 12.8 Å². The first kappa shape index (κ1) is 10.2. The lowest BCUT2D eigenvalue weighted by molar-refractivity contribution is -0.158. The van der Waals surface area contributed by atoms with E-state index in [4.69, 9.17) is 5.73 Å². The van der Waals surface area contributed by atoms with Crippen molar-refractivity contribution in [3.63, 3.8) is 0 Å². The molecule has 1 saturated heterocycles. The highest BCUT2D eigenvalue weighted by molar-refractivity contribution is 5.00. The van der Waals surface area contributed by atoms with Crippen molar-refractivity contribution >= 4 is 0 Å². The van der Waals surface area contributed by atoms with E-state index >= 15 is 0 Å². The highest BCUT2D eigenvalue weighted by atomic mass is 19.4. The molecule has 1 heterocycles.